The van der Waals surface area contributed by atoms with Crippen LogP contribution in [0.3, 0.4) is 0 Å². The third-order valence-corrected chi connectivity index (χ3v) is 13.8. The summed E-state index contributed by atoms with van der Waals surface area (Å²) in [6, 6.07) is 52.5. The molecule has 6 aromatic carbocycles. The summed E-state index contributed by atoms with van der Waals surface area (Å²) in [5.74, 6) is 0. The average molecular weight is 742 g/mol. The van der Waals surface area contributed by atoms with Crippen LogP contribution >= 0.6 is 7.26 Å². The highest BCUT2D eigenvalue weighted by molar-refractivity contribution is 8.01. The molecule has 0 bridgehead atoms. The van der Waals surface area contributed by atoms with Crippen molar-refractivity contribution in [3.63, 3.8) is 0 Å². The average Bonchev–Trinajstić information content (AvgIpc) is 3.10. The van der Waals surface area contributed by atoms with Crippen LogP contribution in [0.1, 0.15) is 47.2 Å². The SMILES string of the molecule is CCOCC.Cc1cc(C)c(B(c2ccc([P+](c3ccccc3)(c3ccccc3)c3ccccc3)cc2)c2c(C)cc(C)cc2C)c(C)c1.[Br-]. The molecule has 0 amide bonds. The molecule has 0 aliphatic carbocycles. The van der Waals surface area contributed by atoms with Crippen molar-refractivity contribution in [2.75, 3.05) is 13.2 Å². The first kappa shape index (κ1) is 39.0. The minimum atomic E-state index is -2.15. The Balaban J connectivity index is 0.000000875. The van der Waals surface area contributed by atoms with E-state index in [1.54, 1.807) is 0 Å². The van der Waals surface area contributed by atoms with Gasteiger partial charge in [0.15, 0.2) is 0 Å². The molecule has 0 N–H and O–H groups in total. The summed E-state index contributed by atoms with van der Waals surface area (Å²) >= 11 is 0. The maximum Gasteiger partial charge on any atom is 0.242 e. The van der Waals surface area contributed by atoms with E-state index in [-0.39, 0.29) is 23.7 Å². The number of hydrogen-bond acceptors (Lipinski definition) is 1. The molecule has 6 rings (SSSR count). The number of halogens is 1. The maximum atomic E-state index is 4.83. The van der Waals surface area contributed by atoms with Crippen molar-refractivity contribution in [1.29, 1.82) is 0 Å². The van der Waals surface area contributed by atoms with E-state index >= 15 is 0 Å². The molecule has 0 saturated heterocycles. The van der Waals surface area contributed by atoms with Crippen LogP contribution in [-0.2, 0) is 4.74 Å². The van der Waals surface area contributed by atoms with Crippen LogP contribution in [0.15, 0.2) is 140 Å². The molecule has 0 aliphatic heterocycles. The number of aryl methyl sites for hydroxylation is 6. The predicted octanol–water partition coefficient (Wildman–Crippen LogP) is 4.72. The number of ether oxygens (including phenoxy) is 1. The van der Waals surface area contributed by atoms with Gasteiger partial charge in [-0.1, -0.05) is 141 Å². The summed E-state index contributed by atoms with van der Waals surface area (Å²) < 4.78 is 4.83. The zero-order chi connectivity index (χ0) is 35.0. The topological polar surface area (TPSA) is 9.23 Å². The van der Waals surface area contributed by atoms with Gasteiger partial charge in [-0.3, -0.25) is 0 Å². The summed E-state index contributed by atoms with van der Waals surface area (Å²) in [6.07, 6.45) is 0. The Labute approximate surface area is 313 Å². The lowest BCUT2D eigenvalue weighted by Crippen LogP contribution is -3.00. The van der Waals surface area contributed by atoms with Crippen molar-refractivity contribution >= 4 is 51.6 Å². The van der Waals surface area contributed by atoms with Crippen molar-refractivity contribution < 1.29 is 21.7 Å². The van der Waals surface area contributed by atoms with Gasteiger partial charge in [-0.25, -0.2) is 0 Å². The number of benzene rings is 6. The van der Waals surface area contributed by atoms with Gasteiger partial charge in [0.1, 0.15) is 28.5 Å². The molecule has 0 saturated carbocycles. The fourth-order valence-electron chi connectivity index (χ4n) is 7.71. The summed E-state index contributed by atoms with van der Waals surface area (Å²) in [7, 11) is -2.15. The molecule has 0 fully saturated rings. The molecule has 256 valence electrons. The molecule has 0 heterocycles. The van der Waals surface area contributed by atoms with Crippen LogP contribution in [0.4, 0.5) is 0 Å². The van der Waals surface area contributed by atoms with Crippen molar-refractivity contribution in [3.05, 3.63) is 173 Å². The molecule has 0 spiro atoms. The first-order chi connectivity index (χ1) is 23.7. The van der Waals surface area contributed by atoms with Crippen LogP contribution in [-0.4, -0.2) is 19.9 Å². The quantitative estimate of drug-likeness (QED) is 0.154. The van der Waals surface area contributed by atoms with E-state index in [0.717, 1.165) is 13.2 Å². The number of hydrogen-bond donors (Lipinski definition) is 0. The Morgan fingerprint density at radius 2 is 0.740 bits per heavy atom. The van der Waals surface area contributed by atoms with Gasteiger partial charge in [-0.05, 0) is 104 Å². The summed E-state index contributed by atoms with van der Waals surface area (Å²) in [5.41, 5.74) is 12.3. The van der Waals surface area contributed by atoms with E-state index in [0.29, 0.717) is 0 Å². The lowest BCUT2D eigenvalue weighted by atomic mass is 9.34. The highest BCUT2D eigenvalue weighted by atomic mass is 79.9. The smallest absolute Gasteiger partial charge is 0.242 e. The van der Waals surface area contributed by atoms with E-state index in [9.17, 15) is 0 Å². The molecular formula is C46H51BBrOP. The van der Waals surface area contributed by atoms with Gasteiger partial charge in [-0.2, -0.15) is 0 Å². The van der Waals surface area contributed by atoms with E-state index < -0.39 is 7.26 Å². The molecule has 0 unspecified atom stereocenters. The third-order valence-electron chi connectivity index (χ3n) is 9.51. The van der Waals surface area contributed by atoms with Gasteiger partial charge in [-0.15, -0.1) is 0 Å². The Morgan fingerprint density at radius 1 is 0.440 bits per heavy atom. The van der Waals surface area contributed by atoms with Crippen molar-refractivity contribution in [3.8, 4) is 0 Å². The molecule has 0 atom stereocenters. The van der Waals surface area contributed by atoms with Gasteiger partial charge in [0.2, 0.25) is 6.71 Å². The fraction of sp³-hybridized carbons (Fsp3) is 0.217. The van der Waals surface area contributed by atoms with E-state index in [2.05, 4.69) is 181 Å². The van der Waals surface area contributed by atoms with Gasteiger partial charge in [0.25, 0.3) is 0 Å². The van der Waals surface area contributed by atoms with E-state index in [1.807, 2.05) is 13.8 Å². The molecular weight excluding hydrogens is 690 g/mol. The second-order valence-corrected chi connectivity index (χ2v) is 16.5. The van der Waals surface area contributed by atoms with E-state index in [4.69, 9.17) is 4.74 Å². The first-order valence-corrected chi connectivity index (χ1v) is 19.4. The van der Waals surface area contributed by atoms with Crippen LogP contribution in [0.25, 0.3) is 0 Å². The zero-order valence-corrected chi connectivity index (χ0v) is 33.5. The van der Waals surface area contributed by atoms with Crippen LogP contribution in [0, 0.1) is 41.5 Å². The lowest BCUT2D eigenvalue weighted by molar-refractivity contribution is -0.0000109. The highest BCUT2D eigenvalue weighted by Gasteiger charge is 2.47. The molecule has 0 radical (unpaired) electrons. The number of rotatable bonds is 9. The van der Waals surface area contributed by atoms with Gasteiger partial charge >= 0.3 is 0 Å². The minimum absolute atomic E-state index is 0. The van der Waals surface area contributed by atoms with Gasteiger partial charge < -0.3 is 21.7 Å². The second-order valence-electron chi connectivity index (χ2n) is 13.1. The maximum absolute atomic E-state index is 4.83. The molecule has 4 heteroatoms. The molecule has 6 aromatic rings. The Kier molecular flexibility index (Phi) is 14.0. The van der Waals surface area contributed by atoms with Crippen LogP contribution < -0.4 is 54.6 Å². The minimum Gasteiger partial charge on any atom is -1.00 e. The van der Waals surface area contributed by atoms with Crippen molar-refractivity contribution in [2.24, 2.45) is 0 Å². The third kappa shape index (κ3) is 8.24. The van der Waals surface area contributed by atoms with Crippen LogP contribution in [0.2, 0.25) is 0 Å². The summed E-state index contributed by atoms with van der Waals surface area (Å²) in [6.45, 7) is 19.4. The van der Waals surface area contributed by atoms with Gasteiger partial charge in [0.05, 0.1) is 0 Å². The summed E-state index contributed by atoms with van der Waals surface area (Å²) in [5, 5.41) is 5.49. The molecule has 50 heavy (non-hydrogen) atoms. The normalized spacial score (nSPS) is 10.9. The van der Waals surface area contributed by atoms with Gasteiger partial charge in [0, 0.05) is 13.2 Å². The standard InChI is InChI=1S/C42H41BP.C4H10O.BrH/c1-30-26-32(3)41(33(4)27-30)43(42-34(5)28-31(2)29-35(42)6)36-22-24-40(25-23-36)44(37-16-10-7-11-17-37,38-18-12-8-13-19-38)39-20-14-9-15-21-39;1-3-5-4-2;/h7-29H,1-6H3;3-4H2,1-2H3;1H/q+1;;/p-1. The van der Waals surface area contributed by atoms with Crippen molar-refractivity contribution in [2.45, 2.75) is 55.4 Å². The van der Waals surface area contributed by atoms with Crippen molar-refractivity contribution in [1.82, 2.24) is 0 Å². The Bertz CT molecular complexity index is 1760. The predicted molar refractivity (Wildman–Crippen MR) is 219 cm³/mol. The zero-order valence-electron chi connectivity index (χ0n) is 31.0. The largest absolute Gasteiger partial charge is 1.00 e. The Morgan fingerprint density at radius 3 is 1.02 bits per heavy atom. The second kappa shape index (κ2) is 18.0. The molecule has 0 aliphatic rings. The Hall–Kier alpha value is -3.75. The lowest BCUT2D eigenvalue weighted by Gasteiger charge is -2.28. The molecule has 0 aromatic heterocycles. The first-order valence-electron chi connectivity index (χ1n) is 17.6. The molecule has 1 nitrogen and oxygen atoms in total. The highest BCUT2D eigenvalue weighted by Crippen LogP contribution is 2.54. The fourth-order valence-corrected chi connectivity index (χ4v) is 12.0. The van der Waals surface area contributed by atoms with Crippen LogP contribution in [0.5, 0.6) is 0 Å². The monoisotopic (exact) mass is 740 g/mol. The summed E-state index contributed by atoms with van der Waals surface area (Å²) in [4.78, 5) is 0. The van der Waals surface area contributed by atoms with E-state index in [1.165, 1.54) is 71.0 Å².